The molecule has 9 nitrogen and oxygen atoms in total. The van der Waals surface area contributed by atoms with Gasteiger partial charge in [0.05, 0.1) is 22.1 Å². The zero-order valence-corrected chi connectivity index (χ0v) is 15.3. The minimum atomic E-state index is -3.97. The van der Waals surface area contributed by atoms with Crippen molar-refractivity contribution in [3.63, 3.8) is 0 Å². The minimum absolute atomic E-state index is 0.0962. The van der Waals surface area contributed by atoms with Crippen LogP contribution >= 0.6 is 11.3 Å². The molecular formula is C14H15N3O6S2. The number of aryl methyl sites for hydroxylation is 1. The maximum atomic E-state index is 12.6. The molecule has 2 rings (SSSR count). The highest BCUT2D eigenvalue weighted by atomic mass is 32.2. The Kier molecular flexibility index (Phi) is 5.38. The van der Waals surface area contributed by atoms with E-state index in [0.29, 0.717) is 5.69 Å². The van der Waals surface area contributed by atoms with Crippen LogP contribution in [-0.2, 0) is 14.8 Å². The Morgan fingerprint density at radius 3 is 2.48 bits per heavy atom. The predicted molar refractivity (Wildman–Crippen MR) is 91.5 cm³/mol. The van der Waals surface area contributed by atoms with Crippen LogP contribution in [0.2, 0.25) is 0 Å². The van der Waals surface area contributed by atoms with Gasteiger partial charge in [-0.1, -0.05) is 11.3 Å². The van der Waals surface area contributed by atoms with E-state index in [4.69, 9.17) is 4.74 Å². The molecule has 1 heterocycles. The summed E-state index contributed by atoms with van der Waals surface area (Å²) < 4.78 is 31.1. The van der Waals surface area contributed by atoms with Crippen molar-refractivity contribution in [1.29, 1.82) is 0 Å². The molecule has 0 aliphatic rings. The first-order valence-electron chi connectivity index (χ1n) is 7.06. The minimum Gasteiger partial charge on any atom is -0.462 e. The maximum absolute atomic E-state index is 12.6. The molecule has 0 N–H and O–H groups in total. The number of esters is 1. The number of nitro groups is 1. The summed E-state index contributed by atoms with van der Waals surface area (Å²) in [5.41, 5.74) is 0.153. The number of carbonyl (C=O) groups is 1. The average molecular weight is 385 g/mol. The third-order valence-corrected chi connectivity index (χ3v) is 6.31. The monoisotopic (exact) mass is 385 g/mol. The predicted octanol–water partition coefficient (Wildman–Crippen LogP) is 2.36. The highest BCUT2D eigenvalue weighted by Gasteiger charge is 2.27. The van der Waals surface area contributed by atoms with Crippen molar-refractivity contribution in [2.45, 2.75) is 18.7 Å². The third-order valence-electron chi connectivity index (χ3n) is 3.22. The molecule has 0 fully saturated rings. The number of rotatable bonds is 6. The van der Waals surface area contributed by atoms with Gasteiger partial charge >= 0.3 is 5.97 Å². The Bertz CT molecular complexity index is 905. The standard InChI is InChI=1S/C14H15N3O6S2/c1-4-23-13(18)12-9(2)15-14(24-12)16(3)25(21,22)11-7-5-10(6-8-11)17(19)20/h5-8H,4H2,1-3H3. The summed E-state index contributed by atoms with van der Waals surface area (Å²) >= 11 is 0.898. The molecule has 0 saturated heterocycles. The van der Waals surface area contributed by atoms with Gasteiger partial charge in [0, 0.05) is 19.2 Å². The topological polar surface area (TPSA) is 120 Å². The van der Waals surface area contributed by atoms with Crippen molar-refractivity contribution in [2.75, 3.05) is 18.0 Å². The van der Waals surface area contributed by atoms with E-state index in [1.807, 2.05) is 0 Å². The molecule has 134 valence electrons. The smallest absolute Gasteiger partial charge is 0.350 e. The molecule has 0 amide bonds. The number of benzene rings is 1. The lowest BCUT2D eigenvalue weighted by Gasteiger charge is -2.16. The number of non-ortho nitro benzene ring substituents is 1. The molecule has 11 heteroatoms. The molecule has 1 aromatic carbocycles. The Balaban J connectivity index is 2.35. The molecule has 1 aromatic heterocycles. The molecule has 0 aliphatic heterocycles. The van der Waals surface area contributed by atoms with Crippen LogP contribution in [0, 0.1) is 17.0 Å². The molecular weight excluding hydrogens is 370 g/mol. The molecule has 0 saturated carbocycles. The van der Waals surface area contributed by atoms with Crippen molar-refractivity contribution in [1.82, 2.24) is 4.98 Å². The summed E-state index contributed by atoms with van der Waals surface area (Å²) in [5.74, 6) is -0.565. The molecule has 0 bridgehead atoms. The second kappa shape index (κ2) is 7.15. The number of aromatic nitrogens is 1. The Morgan fingerprint density at radius 2 is 1.96 bits per heavy atom. The lowest BCUT2D eigenvalue weighted by molar-refractivity contribution is -0.384. The number of carbonyl (C=O) groups excluding carboxylic acids is 1. The van der Waals surface area contributed by atoms with Crippen LogP contribution < -0.4 is 4.31 Å². The second-order valence-corrected chi connectivity index (χ2v) is 7.80. The number of nitrogens with zero attached hydrogens (tertiary/aromatic N) is 3. The summed E-state index contributed by atoms with van der Waals surface area (Å²) in [5, 5.41) is 10.8. The molecule has 0 aliphatic carbocycles. The highest BCUT2D eigenvalue weighted by molar-refractivity contribution is 7.93. The summed E-state index contributed by atoms with van der Waals surface area (Å²) in [6.07, 6.45) is 0. The fourth-order valence-electron chi connectivity index (χ4n) is 1.90. The van der Waals surface area contributed by atoms with E-state index in [2.05, 4.69) is 4.98 Å². The van der Waals surface area contributed by atoms with Gasteiger partial charge in [-0.2, -0.15) is 0 Å². The van der Waals surface area contributed by atoms with Crippen LogP contribution in [0.25, 0.3) is 0 Å². The molecule has 0 unspecified atom stereocenters. The van der Waals surface area contributed by atoms with Gasteiger partial charge in [-0.15, -0.1) is 0 Å². The van der Waals surface area contributed by atoms with E-state index in [-0.39, 0.29) is 27.2 Å². The van der Waals surface area contributed by atoms with Gasteiger partial charge in [0.1, 0.15) is 4.88 Å². The number of anilines is 1. The zero-order valence-electron chi connectivity index (χ0n) is 13.6. The SMILES string of the molecule is CCOC(=O)c1sc(N(C)S(=O)(=O)c2ccc([N+](=O)[O-])cc2)nc1C. The summed E-state index contributed by atoms with van der Waals surface area (Å²) in [4.78, 5) is 26.1. The van der Waals surface area contributed by atoms with Crippen molar-refractivity contribution >= 4 is 38.1 Å². The zero-order chi connectivity index (χ0) is 18.8. The quantitative estimate of drug-likeness (QED) is 0.425. The Labute approximate surface area is 148 Å². The van der Waals surface area contributed by atoms with Crippen LogP contribution in [0.4, 0.5) is 10.8 Å². The number of sulfonamides is 1. The maximum Gasteiger partial charge on any atom is 0.350 e. The van der Waals surface area contributed by atoms with Gasteiger partial charge in [0.15, 0.2) is 5.13 Å². The van der Waals surface area contributed by atoms with Gasteiger partial charge in [-0.3, -0.25) is 10.1 Å². The molecule has 0 spiro atoms. The summed E-state index contributed by atoms with van der Waals surface area (Å²) in [6.45, 7) is 3.45. The number of hydrogen-bond acceptors (Lipinski definition) is 8. The van der Waals surface area contributed by atoms with Crippen molar-refractivity contribution in [2.24, 2.45) is 0 Å². The van der Waals surface area contributed by atoms with Crippen LogP contribution in [0.5, 0.6) is 0 Å². The van der Waals surface area contributed by atoms with Gasteiger partial charge in [-0.25, -0.2) is 22.5 Å². The average Bonchev–Trinajstić information content (AvgIpc) is 2.96. The van der Waals surface area contributed by atoms with Crippen LogP contribution in [0.3, 0.4) is 0 Å². The van der Waals surface area contributed by atoms with Crippen molar-refractivity contribution in [3.8, 4) is 0 Å². The molecule has 0 atom stereocenters. The van der Waals surface area contributed by atoms with E-state index >= 15 is 0 Å². The second-order valence-electron chi connectivity index (χ2n) is 4.85. The van der Waals surface area contributed by atoms with Crippen LogP contribution in [-0.4, -0.2) is 37.9 Å². The fraction of sp³-hybridized carbons (Fsp3) is 0.286. The number of thiazole rings is 1. The molecule has 2 aromatic rings. The molecule has 25 heavy (non-hydrogen) atoms. The first-order chi connectivity index (χ1) is 11.7. The number of nitro benzene ring substituents is 1. The first kappa shape index (κ1) is 18.8. The van der Waals surface area contributed by atoms with Crippen LogP contribution in [0.1, 0.15) is 22.3 Å². The summed E-state index contributed by atoms with van der Waals surface area (Å²) in [6, 6.07) is 4.52. The number of hydrogen-bond donors (Lipinski definition) is 0. The van der Waals surface area contributed by atoms with Gasteiger partial charge in [0.25, 0.3) is 15.7 Å². The highest BCUT2D eigenvalue weighted by Crippen LogP contribution is 2.30. The normalized spacial score (nSPS) is 11.2. The lowest BCUT2D eigenvalue weighted by atomic mass is 10.3. The fourth-order valence-corrected chi connectivity index (χ4v) is 4.18. The van der Waals surface area contributed by atoms with E-state index < -0.39 is 20.9 Å². The van der Waals surface area contributed by atoms with Gasteiger partial charge in [0.2, 0.25) is 0 Å². The van der Waals surface area contributed by atoms with Gasteiger partial charge in [-0.05, 0) is 26.0 Å². The Hall–Kier alpha value is -2.53. The number of ether oxygens (including phenoxy) is 1. The first-order valence-corrected chi connectivity index (χ1v) is 9.32. The van der Waals surface area contributed by atoms with E-state index in [1.165, 1.54) is 7.05 Å². The van der Waals surface area contributed by atoms with Crippen LogP contribution in [0.15, 0.2) is 29.2 Å². The largest absolute Gasteiger partial charge is 0.462 e. The van der Waals surface area contributed by atoms with E-state index in [9.17, 15) is 23.3 Å². The third kappa shape index (κ3) is 3.77. The van der Waals surface area contributed by atoms with E-state index in [1.54, 1.807) is 13.8 Å². The van der Waals surface area contributed by atoms with E-state index in [0.717, 1.165) is 39.9 Å². The van der Waals surface area contributed by atoms with Gasteiger partial charge < -0.3 is 4.74 Å². The molecule has 0 radical (unpaired) electrons. The lowest BCUT2D eigenvalue weighted by Crippen LogP contribution is -2.26. The Morgan fingerprint density at radius 1 is 1.36 bits per heavy atom. The van der Waals surface area contributed by atoms with Crippen molar-refractivity contribution < 1.29 is 22.9 Å². The van der Waals surface area contributed by atoms with Crippen molar-refractivity contribution in [3.05, 3.63) is 45.0 Å². The summed E-state index contributed by atoms with van der Waals surface area (Å²) in [7, 11) is -2.67.